The highest BCUT2D eigenvalue weighted by Gasteiger charge is 2.03. The van der Waals surface area contributed by atoms with E-state index in [2.05, 4.69) is 5.16 Å². The first-order valence-electron chi connectivity index (χ1n) is 3.54. The summed E-state index contributed by atoms with van der Waals surface area (Å²) in [6.07, 6.45) is 1.64. The Balaban J connectivity index is 2.73. The molecule has 4 heteroatoms. The molecule has 0 amide bonds. The normalized spacial score (nSPS) is 10.8. The molecule has 1 heterocycles. The second kappa shape index (κ2) is 2.77. The van der Waals surface area contributed by atoms with Gasteiger partial charge in [-0.15, -0.1) is 0 Å². The maximum absolute atomic E-state index is 5.89. The maximum atomic E-state index is 5.89. The van der Waals surface area contributed by atoms with Crippen molar-refractivity contribution in [1.82, 2.24) is 5.16 Å². The fourth-order valence-corrected chi connectivity index (χ4v) is 1.33. The summed E-state index contributed by atoms with van der Waals surface area (Å²) in [5.41, 5.74) is 7.08. The predicted molar refractivity (Wildman–Crippen MR) is 46.9 cm³/mol. The molecular formula is C8H7ClN2O. The molecule has 12 heavy (non-hydrogen) atoms. The van der Waals surface area contributed by atoms with E-state index in [4.69, 9.17) is 21.9 Å². The van der Waals surface area contributed by atoms with Gasteiger partial charge in [-0.3, -0.25) is 0 Å². The lowest BCUT2D eigenvalue weighted by Gasteiger charge is -1.98. The zero-order valence-corrected chi connectivity index (χ0v) is 7.01. The molecule has 0 atom stereocenters. The largest absolute Gasteiger partial charge is 0.356 e. The van der Waals surface area contributed by atoms with Crippen molar-refractivity contribution < 1.29 is 4.52 Å². The lowest BCUT2D eigenvalue weighted by molar-refractivity contribution is 0.456. The Labute approximate surface area is 74.1 Å². The summed E-state index contributed by atoms with van der Waals surface area (Å²) in [6.45, 7) is 0.431. The fraction of sp³-hybridized carbons (Fsp3) is 0.125. The minimum atomic E-state index is 0.431. The highest BCUT2D eigenvalue weighted by Crippen LogP contribution is 2.23. The molecule has 1 aromatic carbocycles. The molecule has 3 nitrogen and oxygen atoms in total. The highest BCUT2D eigenvalue weighted by atomic mass is 35.5. The summed E-state index contributed by atoms with van der Waals surface area (Å²) in [6, 6.07) is 3.61. The number of hydrogen-bond acceptors (Lipinski definition) is 3. The molecule has 0 radical (unpaired) electrons. The van der Waals surface area contributed by atoms with Gasteiger partial charge in [-0.1, -0.05) is 16.8 Å². The van der Waals surface area contributed by atoms with Gasteiger partial charge in [0.15, 0.2) is 5.58 Å². The number of nitrogens with zero attached hydrogens (tertiary/aromatic N) is 1. The molecule has 0 bridgehead atoms. The van der Waals surface area contributed by atoms with Gasteiger partial charge in [0.25, 0.3) is 0 Å². The van der Waals surface area contributed by atoms with Crippen LogP contribution < -0.4 is 5.73 Å². The van der Waals surface area contributed by atoms with Crippen LogP contribution >= 0.6 is 11.6 Å². The van der Waals surface area contributed by atoms with Crippen LogP contribution in [0.15, 0.2) is 22.9 Å². The Bertz CT molecular complexity index is 410. The Morgan fingerprint density at radius 1 is 1.50 bits per heavy atom. The van der Waals surface area contributed by atoms with Gasteiger partial charge in [0.2, 0.25) is 0 Å². The number of hydrogen-bond donors (Lipinski definition) is 1. The van der Waals surface area contributed by atoms with Gasteiger partial charge in [-0.05, 0) is 11.6 Å². The van der Waals surface area contributed by atoms with Crippen molar-refractivity contribution >= 4 is 22.6 Å². The number of halogens is 1. The van der Waals surface area contributed by atoms with Crippen LogP contribution in [0.1, 0.15) is 5.56 Å². The molecule has 0 aliphatic carbocycles. The lowest BCUT2D eigenvalue weighted by Crippen LogP contribution is -1.96. The van der Waals surface area contributed by atoms with Gasteiger partial charge in [0, 0.05) is 23.0 Å². The zero-order chi connectivity index (χ0) is 8.55. The van der Waals surface area contributed by atoms with Gasteiger partial charge >= 0.3 is 0 Å². The monoisotopic (exact) mass is 182 g/mol. The molecule has 0 unspecified atom stereocenters. The molecule has 0 fully saturated rings. The summed E-state index contributed by atoms with van der Waals surface area (Å²) in [5, 5.41) is 5.20. The summed E-state index contributed by atoms with van der Waals surface area (Å²) >= 11 is 5.89. The second-order valence-electron chi connectivity index (χ2n) is 2.51. The van der Waals surface area contributed by atoms with Gasteiger partial charge in [0.05, 0.1) is 6.20 Å². The molecule has 0 aliphatic heterocycles. The van der Waals surface area contributed by atoms with Gasteiger partial charge < -0.3 is 10.3 Å². The van der Waals surface area contributed by atoms with E-state index in [9.17, 15) is 0 Å². The van der Waals surface area contributed by atoms with Crippen molar-refractivity contribution in [2.45, 2.75) is 6.54 Å². The topological polar surface area (TPSA) is 52.0 Å². The Morgan fingerprint density at radius 3 is 3.08 bits per heavy atom. The third-order valence-corrected chi connectivity index (χ3v) is 2.09. The maximum Gasteiger partial charge on any atom is 0.168 e. The van der Waals surface area contributed by atoms with Crippen LogP contribution in [0.2, 0.25) is 5.02 Å². The van der Waals surface area contributed by atoms with E-state index in [0.717, 1.165) is 10.9 Å². The first-order valence-corrected chi connectivity index (χ1v) is 3.92. The summed E-state index contributed by atoms with van der Waals surface area (Å²) in [7, 11) is 0. The van der Waals surface area contributed by atoms with Crippen LogP contribution in [0, 0.1) is 0 Å². The van der Waals surface area contributed by atoms with E-state index >= 15 is 0 Å². The number of aromatic nitrogens is 1. The van der Waals surface area contributed by atoms with Crippen molar-refractivity contribution in [2.24, 2.45) is 5.73 Å². The first-order chi connectivity index (χ1) is 5.81. The first kappa shape index (κ1) is 7.58. The number of rotatable bonds is 1. The van der Waals surface area contributed by atoms with Gasteiger partial charge in [-0.25, -0.2) is 0 Å². The average molecular weight is 183 g/mol. The van der Waals surface area contributed by atoms with Crippen molar-refractivity contribution in [1.29, 1.82) is 0 Å². The lowest BCUT2D eigenvalue weighted by atomic mass is 10.2. The van der Waals surface area contributed by atoms with E-state index in [0.29, 0.717) is 17.2 Å². The predicted octanol–water partition coefficient (Wildman–Crippen LogP) is 1.94. The molecule has 2 N–H and O–H groups in total. The van der Waals surface area contributed by atoms with Gasteiger partial charge in [-0.2, -0.15) is 0 Å². The second-order valence-corrected chi connectivity index (χ2v) is 2.92. The van der Waals surface area contributed by atoms with Crippen molar-refractivity contribution in [3.8, 4) is 0 Å². The average Bonchev–Trinajstić information content (AvgIpc) is 2.49. The van der Waals surface area contributed by atoms with Crippen LogP contribution in [0.4, 0.5) is 0 Å². The van der Waals surface area contributed by atoms with Crippen LogP contribution in [0.3, 0.4) is 0 Å². The van der Waals surface area contributed by atoms with Crippen molar-refractivity contribution in [3.05, 3.63) is 28.9 Å². The van der Waals surface area contributed by atoms with Gasteiger partial charge in [0.1, 0.15) is 0 Å². The van der Waals surface area contributed by atoms with E-state index in [1.165, 1.54) is 0 Å². The Kier molecular flexibility index (Phi) is 1.75. The fourth-order valence-electron chi connectivity index (χ4n) is 1.10. The quantitative estimate of drug-likeness (QED) is 0.734. The molecule has 0 saturated heterocycles. The molecule has 2 rings (SSSR count). The molecule has 62 valence electrons. The van der Waals surface area contributed by atoms with E-state index in [-0.39, 0.29) is 0 Å². The molecular weight excluding hydrogens is 176 g/mol. The van der Waals surface area contributed by atoms with E-state index in [1.54, 1.807) is 12.3 Å². The van der Waals surface area contributed by atoms with Crippen molar-refractivity contribution in [3.63, 3.8) is 0 Å². The van der Waals surface area contributed by atoms with Crippen molar-refractivity contribution in [2.75, 3.05) is 0 Å². The molecule has 0 aliphatic rings. The standard InChI is InChI=1S/C8H7ClN2O/c9-7-2-8-6(4-11-12-8)1-5(7)3-10/h1-2,4H,3,10H2. The molecule has 0 saturated carbocycles. The highest BCUT2D eigenvalue weighted by molar-refractivity contribution is 6.32. The van der Waals surface area contributed by atoms with Crippen LogP contribution in [0.25, 0.3) is 11.0 Å². The zero-order valence-electron chi connectivity index (χ0n) is 6.25. The van der Waals surface area contributed by atoms with E-state index in [1.807, 2.05) is 6.07 Å². The molecule has 1 aromatic heterocycles. The minimum absolute atomic E-state index is 0.431. The smallest absolute Gasteiger partial charge is 0.168 e. The molecule has 2 aromatic rings. The van der Waals surface area contributed by atoms with E-state index < -0.39 is 0 Å². The summed E-state index contributed by atoms with van der Waals surface area (Å²) in [4.78, 5) is 0. The number of benzene rings is 1. The number of fused-ring (bicyclic) bond motifs is 1. The number of nitrogens with two attached hydrogens (primary N) is 1. The van der Waals surface area contributed by atoms with Crippen LogP contribution in [0.5, 0.6) is 0 Å². The van der Waals surface area contributed by atoms with Crippen LogP contribution in [-0.4, -0.2) is 5.16 Å². The SMILES string of the molecule is NCc1cc2cnoc2cc1Cl. The molecule has 0 spiro atoms. The third kappa shape index (κ3) is 1.07. The minimum Gasteiger partial charge on any atom is -0.356 e. The Hall–Kier alpha value is -1.06. The third-order valence-electron chi connectivity index (χ3n) is 1.74. The Morgan fingerprint density at radius 2 is 2.33 bits per heavy atom. The van der Waals surface area contributed by atoms with Crippen LogP contribution in [-0.2, 0) is 6.54 Å². The summed E-state index contributed by atoms with van der Waals surface area (Å²) < 4.78 is 4.92. The summed E-state index contributed by atoms with van der Waals surface area (Å²) in [5.74, 6) is 0.